The van der Waals surface area contributed by atoms with Crippen molar-refractivity contribution in [3.63, 3.8) is 0 Å². The number of hydrogen-bond acceptors (Lipinski definition) is 4. The molecule has 3 rings (SSSR count). The van der Waals surface area contributed by atoms with Crippen LogP contribution in [0.5, 0.6) is 5.75 Å². The summed E-state index contributed by atoms with van der Waals surface area (Å²) in [5.74, 6) is 0.664. The van der Waals surface area contributed by atoms with E-state index in [1.165, 1.54) is 5.56 Å². The highest BCUT2D eigenvalue weighted by molar-refractivity contribution is 5.92. The molecule has 1 heterocycles. The van der Waals surface area contributed by atoms with Gasteiger partial charge < -0.3 is 14.8 Å². The zero-order valence-electron chi connectivity index (χ0n) is 17.3. The third-order valence-electron chi connectivity index (χ3n) is 4.97. The van der Waals surface area contributed by atoms with E-state index >= 15 is 0 Å². The number of carbonyl (C=O) groups excluding carboxylic acids is 1. The molecule has 5 nitrogen and oxygen atoms in total. The van der Waals surface area contributed by atoms with Crippen molar-refractivity contribution in [2.24, 2.45) is 0 Å². The van der Waals surface area contributed by atoms with Crippen molar-refractivity contribution in [3.8, 4) is 5.75 Å². The first-order chi connectivity index (χ1) is 14.2. The monoisotopic (exact) mass is 394 g/mol. The maximum Gasteiger partial charge on any atom is 0.244 e. The van der Waals surface area contributed by atoms with E-state index in [-0.39, 0.29) is 11.9 Å². The van der Waals surface area contributed by atoms with Gasteiger partial charge in [0.1, 0.15) is 5.75 Å². The normalized spacial score (nSPS) is 15.9. The van der Waals surface area contributed by atoms with Crippen LogP contribution in [0.25, 0.3) is 6.08 Å². The van der Waals surface area contributed by atoms with Crippen LogP contribution in [0.2, 0.25) is 0 Å². The number of amides is 1. The molecule has 1 aliphatic heterocycles. The van der Waals surface area contributed by atoms with Gasteiger partial charge in [-0.15, -0.1) is 0 Å². The molecule has 1 atom stereocenters. The molecule has 0 aliphatic carbocycles. The summed E-state index contributed by atoms with van der Waals surface area (Å²) in [5, 5.41) is 3.17. The molecule has 1 fully saturated rings. The smallest absolute Gasteiger partial charge is 0.244 e. The summed E-state index contributed by atoms with van der Waals surface area (Å²) in [5.41, 5.74) is 3.21. The summed E-state index contributed by atoms with van der Waals surface area (Å²) in [6.07, 6.45) is 3.39. The highest BCUT2D eigenvalue weighted by atomic mass is 16.5. The van der Waals surface area contributed by atoms with Gasteiger partial charge in [-0.05, 0) is 31.6 Å². The SMILES string of the molecule is CCOc1ccccc1/C=C/C(=O)NC(CN1CCOCC1)c1ccc(C)cc1. The summed E-state index contributed by atoms with van der Waals surface area (Å²) in [7, 11) is 0. The Balaban J connectivity index is 1.70. The highest BCUT2D eigenvalue weighted by Crippen LogP contribution is 2.20. The summed E-state index contributed by atoms with van der Waals surface area (Å²) in [4.78, 5) is 15.0. The molecular weight excluding hydrogens is 364 g/mol. The summed E-state index contributed by atoms with van der Waals surface area (Å²) >= 11 is 0. The number of morpholine rings is 1. The molecule has 0 saturated carbocycles. The average Bonchev–Trinajstić information content (AvgIpc) is 2.74. The minimum Gasteiger partial charge on any atom is -0.493 e. The molecule has 1 saturated heterocycles. The number of nitrogens with zero attached hydrogens (tertiary/aromatic N) is 1. The minimum absolute atomic E-state index is 0.0759. The lowest BCUT2D eigenvalue weighted by Crippen LogP contribution is -2.42. The van der Waals surface area contributed by atoms with Gasteiger partial charge >= 0.3 is 0 Å². The number of rotatable bonds is 8. The Hall–Kier alpha value is -2.63. The second kappa shape index (κ2) is 10.8. The molecule has 0 bridgehead atoms. The second-order valence-electron chi connectivity index (χ2n) is 7.19. The number of carbonyl (C=O) groups is 1. The topological polar surface area (TPSA) is 50.8 Å². The molecule has 2 aromatic rings. The Bertz CT molecular complexity index is 811. The molecule has 154 valence electrons. The Kier molecular flexibility index (Phi) is 7.85. The zero-order valence-corrected chi connectivity index (χ0v) is 17.3. The molecule has 5 heteroatoms. The van der Waals surface area contributed by atoms with Gasteiger partial charge in [-0.2, -0.15) is 0 Å². The molecule has 1 amide bonds. The van der Waals surface area contributed by atoms with Gasteiger partial charge in [0.25, 0.3) is 0 Å². The molecule has 2 aromatic carbocycles. The first kappa shape index (κ1) is 21.1. The lowest BCUT2D eigenvalue weighted by atomic mass is 10.0. The average molecular weight is 395 g/mol. The largest absolute Gasteiger partial charge is 0.493 e. The van der Waals surface area contributed by atoms with Gasteiger partial charge in [0, 0.05) is 31.3 Å². The van der Waals surface area contributed by atoms with E-state index in [1.807, 2.05) is 31.2 Å². The number of ether oxygens (including phenoxy) is 2. The van der Waals surface area contributed by atoms with Crippen LogP contribution < -0.4 is 10.1 Å². The van der Waals surface area contributed by atoms with Crippen LogP contribution in [0, 0.1) is 6.92 Å². The van der Waals surface area contributed by atoms with Gasteiger partial charge in [0.05, 0.1) is 25.9 Å². The lowest BCUT2D eigenvalue weighted by Gasteiger charge is -2.31. The van der Waals surface area contributed by atoms with Crippen LogP contribution in [-0.2, 0) is 9.53 Å². The van der Waals surface area contributed by atoms with Crippen molar-refractivity contribution in [2.45, 2.75) is 19.9 Å². The van der Waals surface area contributed by atoms with Gasteiger partial charge in [-0.1, -0.05) is 48.0 Å². The summed E-state index contributed by atoms with van der Waals surface area (Å²) in [6.45, 7) is 8.62. The quantitative estimate of drug-likeness (QED) is 0.695. The minimum atomic E-state index is -0.116. The van der Waals surface area contributed by atoms with Crippen LogP contribution in [0.4, 0.5) is 0 Å². The zero-order chi connectivity index (χ0) is 20.5. The Morgan fingerprint density at radius 3 is 2.62 bits per heavy atom. The third-order valence-corrected chi connectivity index (χ3v) is 4.97. The lowest BCUT2D eigenvalue weighted by molar-refractivity contribution is -0.117. The van der Waals surface area contributed by atoms with Crippen molar-refractivity contribution in [3.05, 3.63) is 71.3 Å². The number of para-hydroxylation sites is 1. The first-order valence-corrected chi connectivity index (χ1v) is 10.2. The van der Waals surface area contributed by atoms with E-state index in [4.69, 9.17) is 9.47 Å². The fraction of sp³-hybridized carbons (Fsp3) is 0.375. The van der Waals surface area contributed by atoms with Gasteiger partial charge in [-0.3, -0.25) is 9.69 Å². The Labute approximate surface area is 173 Å². The van der Waals surface area contributed by atoms with Crippen LogP contribution >= 0.6 is 0 Å². The number of aryl methyl sites for hydroxylation is 1. The second-order valence-corrected chi connectivity index (χ2v) is 7.19. The summed E-state index contributed by atoms with van der Waals surface area (Å²) in [6, 6.07) is 16.0. The molecule has 0 spiro atoms. The van der Waals surface area contributed by atoms with Crippen molar-refractivity contribution in [2.75, 3.05) is 39.5 Å². The fourth-order valence-corrected chi connectivity index (χ4v) is 3.37. The van der Waals surface area contributed by atoms with E-state index in [2.05, 4.69) is 41.4 Å². The van der Waals surface area contributed by atoms with Crippen LogP contribution in [0.1, 0.15) is 29.7 Å². The van der Waals surface area contributed by atoms with Crippen molar-refractivity contribution in [1.29, 1.82) is 0 Å². The molecular formula is C24H30N2O3. The van der Waals surface area contributed by atoms with Gasteiger partial charge in [0.15, 0.2) is 0 Å². The predicted molar refractivity (Wildman–Crippen MR) is 116 cm³/mol. The van der Waals surface area contributed by atoms with E-state index in [0.29, 0.717) is 6.61 Å². The summed E-state index contributed by atoms with van der Waals surface area (Å²) < 4.78 is 11.1. The van der Waals surface area contributed by atoms with Crippen molar-refractivity contribution >= 4 is 12.0 Å². The number of benzene rings is 2. The molecule has 1 unspecified atom stereocenters. The Morgan fingerprint density at radius 1 is 1.17 bits per heavy atom. The standard InChI is InChI=1S/C24H30N2O3/c1-3-29-23-7-5-4-6-21(23)12-13-24(27)25-22(18-26-14-16-28-17-15-26)20-10-8-19(2)9-11-20/h4-13,22H,3,14-18H2,1-2H3,(H,25,27)/b13-12+. The first-order valence-electron chi connectivity index (χ1n) is 10.2. The van der Waals surface area contributed by atoms with Crippen LogP contribution in [-0.4, -0.2) is 50.3 Å². The maximum absolute atomic E-state index is 12.7. The van der Waals surface area contributed by atoms with Crippen molar-refractivity contribution < 1.29 is 14.3 Å². The Morgan fingerprint density at radius 2 is 1.90 bits per heavy atom. The molecule has 0 aromatic heterocycles. The van der Waals surface area contributed by atoms with Gasteiger partial charge in [-0.25, -0.2) is 0 Å². The number of nitrogens with one attached hydrogen (secondary N) is 1. The molecule has 0 radical (unpaired) electrons. The van der Waals surface area contributed by atoms with E-state index in [1.54, 1.807) is 12.2 Å². The van der Waals surface area contributed by atoms with E-state index in [9.17, 15) is 4.79 Å². The van der Waals surface area contributed by atoms with Crippen LogP contribution in [0.15, 0.2) is 54.6 Å². The fourth-order valence-electron chi connectivity index (χ4n) is 3.37. The van der Waals surface area contributed by atoms with E-state index < -0.39 is 0 Å². The highest BCUT2D eigenvalue weighted by Gasteiger charge is 2.19. The molecule has 1 aliphatic rings. The maximum atomic E-state index is 12.7. The molecule has 1 N–H and O–H groups in total. The van der Waals surface area contributed by atoms with Crippen LogP contribution in [0.3, 0.4) is 0 Å². The molecule has 29 heavy (non-hydrogen) atoms. The predicted octanol–water partition coefficient (Wildman–Crippen LogP) is 3.60. The third kappa shape index (κ3) is 6.44. The number of hydrogen-bond donors (Lipinski definition) is 1. The van der Waals surface area contributed by atoms with Gasteiger partial charge in [0.2, 0.25) is 5.91 Å². The van der Waals surface area contributed by atoms with E-state index in [0.717, 1.165) is 49.7 Å². The van der Waals surface area contributed by atoms with Crippen molar-refractivity contribution in [1.82, 2.24) is 10.2 Å².